The summed E-state index contributed by atoms with van der Waals surface area (Å²) in [6.07, 6.45) is 0. The molecule has 1 aromatic heterocycles. The number of benzene rings is 2. The van der Waals surface area contributed by atoms with Gasteiger partial charge in [0.05, 0.1) is 11.7 Å². The highest BCUT2D eigenvalue weighted by atomic mass is 35.5. The third-order valence-electron chi connectivity index (χ3n) is 3.80. The Morgan fingerprint density at radius 2 is 1.88 bits per heavy atom. The number of halogens is 2. The van der Waals surface area contributed by atoms with Gasteiger partial charge in [-0.25, -0.2) is 4.39 Å². The molecule has 132 valence electrons. The highest BCUT2D eigenvalue weighted by Gasteiger charge is 2.14. The lowest BCUT2D eigenvalue weighted by Gasteiger charge is -2.14. The molecule has 0 aliphatic heterocycles. The Morgan fingerprint density at radius 3 is 2.58 bits per heavy atom. The summed E-state index contributed by atoms with van der Waals surface area (Å²) in [5.74, 6) is -0.862. The van der Waals surface area contributed by atoms with Crippen LogP contribution in [0.1, 0.15) is 29.0 Å². The number of nitrogens with one attached hydrogen (secondary N) is 1. The molecule has 0 radical (unpaired) electrons. The zero-order chi connectivity index (χ0) is 18.7. The van der Waals surface area contributed by atoms with Crippen molar-refractivity contribution in [2.75, 3.05) is 0 Å². The van der Waals surface area contributed by atoms with E-state index in [9.17, 15) is 14.0 Å². The molecule has 0 bridgehead atoms. The van der Waals surface area contributed by atoms with E-state index in [4.69, 9.17) is 11.6 Å². The van der Waals surface area contributed by atoms with Crippen LogP contribution in [0.5, 0.6) is 0 Å². The van der Waals surface area contributed by atoms with Crippen LogP contribution in [0.15, 0.2) is 65.5 Å². The van der Waals surface area contributed by atoms with Crippen LogP contribution in [0.2, 0.25) is 5.02 Å². The quantitative estimate of drug-likeness (QED) is 0.763. The lowest BCUT2D eigenvalue weighted by molar-refractivity contribution is 0.0933. The molecule has 26 heavy (non-hydrogen) atoms. The number of nitrogens with zero attached hydrogens (tertiary/aromatic N) is 2. The van der Waals surface area contributed by atoms with Crippen molar-refractivity contribution >= 4 is 17.5 Å². The lowest BCUT2D eigenvalue weighted by Crippen LogP contribution is -2.30. The van der Waals surface area contributed by atoms with Crippen molar-refractivity contribution in [1.29, 1.82) is 0 Å². The minimum atomic E-state index is -0.437. The van der Waals surface area contributed by atoms with Gasteiger partial charge in [-0.3, -0.25) is 9.59 Å². The first kappa shape index (κ1) is 17.8. The molecule has 0 spiro atoms. The molecule has 0 aliphatic rings. The fourth-order valence-corrected chi connectivity index (χ4v) is 2.63. The number of amides is 1. The van der Waals surface area contributed by atoms with Crippen LogP contribution < -0.4 is 10.9 Å². The van der Waals surface area contributed by atoms with E-state index in [-0.39, 0.29) is 11.7 Å². The van der Waals surface area contributed by atoms with Crippen LogP contribution in [0.25, 0.3) is 5.69 Å². The number of carbonyl (C=O) groups excluding carboxylic acids is 1. The van der Waals surface area contributed by atoms with Gasteiger partial charge in [-0.1, -0.05) is 23.7 Å². The van der Waals surface area contributed by atoms with Crippen molar-refractivity contribution in [3.8, 4) is 5.69 Å². The zero-order valence-electron chi connectivity index (χ0n) is 13.8. The predicted octanol–water partition coefficient (Wildman–Crippen LogP) is 3.52. The highest BCUT2D eigenvalue weighted by Crippen LogP contribution is 2.17. The smallest absolute Gasteiger partial charge is 0.272 e. The topological polar surface area (TPSA) is 64.0 Å². The van der Waals surface area contributed by atoms with Gasteiger partial charge in [0.15, 0.2) is 0 Å². The molecule has 1 amide bonds. The number of hydrogen-bond acceptors (Lipinski definition) is 3. The Hall–Kier alpha value is -2.99. The van der Waals surface area contributed by atoms with Crippen molar-refractivity contribution in [2.45, 2.75) is 13.0 Å². The second-order valence-electron chi connectivity index (χ2n) is 5.70. The van der Waals surface area contributed by atoms with E-state index < -0.39 is 17.3 Å². The SMILES string of the molecule is CC(NC(=O)c1ccc(=O)n(-c2ccc(F)cc2)n1)c1cccc(Cl)c1. The van der Waals surface area contributed by atoms with Gasteiger partial charge in [0, 0.05) is 11.1 Å². The summed E-state index contributed by atoms with van der Waals surface area (Å²) >= 11 is 5.97. The molecular formula is C19H15ClFN3O2. The van der Waals surface area contributed by atoms with Crippen molar-refractivity contribution in [1.82, 2.24) is 15.1 Å². The summed E-state index contributed by atoms with van der Waals surface area (Å²) < 4.78 is 14.1. The first-order chi connectivity index (χ1) is 12.4. The molecule has 1 N–H and O–H groups in total. The van der Waals surface area contributed by atoms with Crippen LogP contribution in [0, 0.1) is 5.82 Å². The van der Waals surface area contributed by atoms with Crippen LogP contribution in [0.3, 0.4) is 0 Å². The second-order valence-corrected chi connectivity index (χ2v) is 6.13. The summed E-state index contributed by atoms with van der Waals surface area (Å²) in [4.78, 5) is 24.5. The van der Waals surface area contributed by atoms with Crippen LogP contribution in [-0.4, -0.2) is 15.7 Å². The molecule has 5 nitrogen and oxygen atoms in total. The van der Waals surface area contributed by atoms with Crippen LogP contribution in [-0.2, 0) is 0 Å². The van der Waals surface area contributed by atoms with Gasteiger partial charge in [0.2, 0.25) is 0 Å². The average Bonchev–Trinajstić information content (AvgIpc) is 2.63. The van der Waals surface area contributed by atoms with Crippen molar-refractivity contribution < 1.29 is 9.18 Å². The first-order valence-corrected chi connectivity index (χ1v) is 8.24. The van der Waals surface area contributed by atoms with Crippen molar-refractivity contribution in [3.63, 3.8) is 0 Å². The molecule has 0 saturated carbocycles. The predicted molar refractivity (Wildman–Crippen MR) is 97.1 cm³/mol. The van der Waals surface area contributed by atoms with Gasteiger partial charge in [-0.05, 0) is 55.0 Å². The summed E-state index contributed by atoms with van der Waals surface area (Å²) in [6.45, 7) is 1.82. The summed E-state index contributed by atoms with van der Waals surface area (Å²) in [5.41, 5.74) is 0.866. The zero-order valence-corrected chi connectivity index (χ0v) is 14.6. The van der Waals surface area contributed by atoms with E-state index in [1.54, 1.807) is 18.2 Å². The molecule has 1 heterocycles. The van der Waals surface area contributed by atoms with Gasteiger partial charge in [-0.15, -0.1) is 0 Å². The summed E-state index contributed by atoms with van der Waals surface area (Å²) in [5, 5.41) is 7.47. The molecule has 1 unspecified atom stereocenters. The Morgan fingerprint density at radius 1 is 1.15 bits per heavy atom. The maximum absolute atomic E-state index is 13.1. The van der Waals surface area contributed by atoms with E-state index in [2.05, 4.69) is 10.4 Å². The number of aromatic nitrogens is 2. The maximum atomic E-state index is 13.1. The molecule has 3 aromatic rings. The number of rotatable bonds is 4. The first-order valence-electron chi connectivity index (χ1n) is 7.87. The highest BCUT2D eigenvalue weighted by molar-refractivity contribution is 6.30. The van der Waals surface area contributed by atoms with Crippen molar-refractivity contribution in [3.05, 3.63) is 93.1 Å². The lowest BCUT2D eigenvalue weighted by atomic mass is 10.1. The molecule has 7 heteroatoms. The molecular weight excluding hydrogens is 357 g/mol. The third kappa shape index (κ3) is 3.97. The normalized spacial score (nSPS) is 11.8. The summed E-state index contributed by atoms with van der Waals surface area (Å²) in [6, 6.07) is 14.7. The Kier molecular flexibility index (Phi) is 5.14. The second kappa shape index (κ2) is 7.49. The van der Waals surface area contributed by atoms with Crippen LogP contribution >= 0.6 is 11.6 Å². The van der Waals surface area contributed by atoms with E-state index in [1.165, 1.54) is 36.4 Å². The fourth-order valence-electron chi connectivity index (χ4n) is 2.43. The number of carbonyl (C=O) groups is 1. The van der Waals surface area contributed by atoms with Gasteiger partial charge < -0.3 is 5.32 Å². The Balaban J connectivity index is 1.85. The molecule has 0 saturated heterocycles. The Bertz CT molecular complexity index is 1000. The molecule has 3 rings (SSSR count). The average molecular weight is 372 g/mol. The van der Waals surface area contributed by atoms with E-state index in [1.807, 2.05) is 13.0 Å². The summed E-state index contributed by atoms with van der Waals surface area (Å²) in [7, 11) is 0. The monoisotopic (exact) mass is 371 g/mol. The Labute approximate surface area is 154 Å². The fraction of sp³-hybridized carbons (Fsp3) is 0.105. The molecule has 1 atom stereocenters. The largest absolute Gasteiger partial charge is 0.344 e. The molecule has 0 aliphatic carbocycles. The standard InChI is InChI=1S/C19H15ClFN3O2/c1-12(13-3-2-4-14(20)11-13)22-19(26)17-9-10-18(25)24(23-17)16-7-5-15(21)6-8-16/h2-12H,1H3,(H,22,26). The van der Waals surface area contributed by atoms with Gasteiger partial charge in [-0.2, -0.15) is 9.78 Å². The van der Waals surface area contributed by atoms with Gasteiger partial charge in [0.25, 0.3) is 11.5 Å². The van der Waals surface area contributed by atoms with E-state index in [0.717, 1.165) is 10.2 Å². The number of hydrogen-bond donors (Lipinski definition) is 1. The third-order valence-corrected chi connectivity index (χ3v) is 4.04. The maximum Gasteiger partial charge on any atom is 0.272 e. The minimum Gasteiger partial charge on any atom is -0.344 e. The minimum absolute atomic E-state index is 0.0720. The van der Waals surface area contributed by atoms with E-state index >= 15 is 0 Å². The van der Waals surface area contributed by atoms with Crippen molar-refractivity contribution in [2.24, 2.45) is 0 Å². The van der Waals surface area contributed by atoms with Gasteiger partial charge in [0.1, 0.15) is 11.5 Å². The molecule has 0 fully saturated rings. The van der Waals surface area contributed by atoms with Gasteiger partial charge >= 0.3 is 0 Å². The van der Waals surface area contributed by atoms with Crippen LogP contribution in [0.4, 0.5) is 4.39 Å². The molecule has 2 aromatic carbocycles. The van der Waals surface area contributed by atoms with E-state index in [0.29, 0.717) is 10.7 Å².